The first-order chi connectivity index (χ1) is 15.6. The van der Waals surface area contributed by atoms with Gasteiger partial charge in [-0.3, -0.25) is 9.69 Å². The van der Waals surface area contributed by atoms with E-state index in [1.807, 2.05) is 11.8 Å². The lowest BCUT2D eigenvalue weighted by molar-refractivity contribution is 0.0795. The van der Waals surface area contributed by atoms with Crippen molar-refractivity contribution < 1.29 is 4.79 Å². The van der Waals surface area contributed by atoms with Crippen LogP contribution < -0.4 is 10.6 Å². The zero-order valence-corrected chi connectivity index (χ0v) is 20.1. The number of aryl methyl sites for hydroxylation is 1. The van der Waals surface area contributed by atoms with Gasteiger partial charge in [-0.2, -0.15) is 0 Å². The number of rotatable bonds is 4. The Morgan fingerprint density at radius 2 is 1.69 bits per heavy atom. The van der Waals surface area contributed by atoms with Gasteiger partial charge >= 0.3 is 0 Å². The number of piperazine rings is 1. The predicted octanol–water partition coefficient (Wildman–Crippen LogP) is 4.35. The van der Waals surface area contributed by atoms with Gasteiger partial charge < -0.3 is 15.5 Å². The van der Waals surface area contributed by atoms with Crippen LogP contribution in [0.1, 0.15) is 53.8 Å². The third kappa shape index (κ3) is 4.59. The van der Waals surface area contributed by atoms with E-state index in [-0.39, 0.29) is 11.9 Å². The van der Waals surface area contributed by atoms with Crippen molar-refractivity contribution in [1.82, 2.24) is 9.80 Å². The number of nitrogens with zero attached hydrogens (tertiary/aromatic N) is 3. The molecule has 1 aromatic carbocycles. The maximum absolute atomic E-state index is 12.9. The first kappa shape index (κ1) is 21.9. The zero-order valence-electron chi connectivity index (χ0n) is 19.3. The van der Waals surface area contributed by atoms with E-state index in [2.05, 4.69) is 40.1 Å². The lowest BCUT2D eigenvalue weighted by Gasteiger charge is -2.41. The third-order valence-electron chi connectivity index (χ3n) is 7.55. The van der Waals surface area contributed by atoms with Gasteiger partial charge in [0.1, 0.15) is 0 Å². The van der Waals surface area contributed by atoms with Gasteiger partial charge in [0.15, 0.2) is 0 Å². The van der Waals surface area contributed by atoms with Crippen LogP contribution in [-0.2, 0) is 0 Å². The molecular weight excluding hydrogens is 416 g/mol. The summed E-state index contributed by atoms with van der Waals surface area (Å²) < 4.78 is 0. The maximum atomic E-state index is 12.9. The van der Waals surface area contributed by atoms with Crippen molar-refractivity contribution in [3.05, 3.63) is 40.8 Å². The Morgan fingerprint density at radius 3 is 2.34 bits per heavy atom. The number of anilines is 1. The lowest BCUT2D eigenvalue weighted by atomic mass is 9.94. The van der Waals surface area contributed by atoms with E-state index >= 15 is 0 Å². The molecule has 1 aliphatic carbocycles. The van der Waals surface area contributed by atoms with Crippen LogP contribution in [0.4, 0.5) is 5.69 Å². The average Bonchev–Trinajstić information content (AvgIpc) is 3.45. The topological polar surface area (TPSA) is 52.8 Å². The second-order valence-electron chi connectivity index (χ2n) is 9.78. The molecule has 5 nitrogen and oxygen atoms in total. The van der Waals surface area contributed by atoms with E-state index in [1.54, 1.807) is 11.3 Å². The second kappa shape index (κ2) is 9.54. The first-order valence-electron chi connectivity index (χ1n) is 12.3. The summed E-state index contributed by atoms with van der Waals surface area (Å²) in [5.41, 5.74) is 9.57. The third-order valence-corrected chi connectivity index (χ3v) is 8.82. The van der Waals surface area contributed by atoms with Crippen molar-refractivity contribution in [2.24, 2.45) is 5.73 Å². The molecule has 0 bridgehead atoms. The van der Waals surface area contributed by atoms with Gasteiger partial charge in [0.25, 0.3) is 5.91 Å². The minimum atomic E-state index is 0.121. The summed E-state index contributed by atoms with van der Waals surface area (Å²) in [4.78, 5) is 22.1. The Bertz CT molecular complexity index is 926. The number of hydrogen-bond acceptors (Lipinski definition) is 5. The van der Waals surface area contributed by atoms with Crippen molar-refractivity contribution in [2.75, 3.05) is 44.2 Å². The smallest absolute Gasteiger partial charge is 0.264 e. The Morgan fingerprint density at radius 1 is 0.969 bits per heavy atom. The van der Waals surface area contributed by atoms with Crippen molar-refractivity contribution >= 4 is 22.9 Å². The molecule has 2 saturated heterocycles. The second-order valence-corrected chi connectivity index (χ2v) is 10.8. The van der Waals surface area contributed by atoms with Crippen LogP contribution in [0.2, 0.25) is 0 Å². The standard InChI is InChI=1S/C26H36N4OS/c1-19-17-24(32-25(19)26(31)30-12-11-21(27)18-30)20-7-9-23(10-8-20)29-15-13-28(14-16-29)22-5-3-2-4-6-22/h7-10,17,21-22H,2-6,11-16,18,27H2,1H3/t21-/m0/s1. The van der Waals surface area contributed by atoms with E-state index in [0.29, 0.717) is 6.54 Å². The Hall–Kier alpha value is -1.89. The molecule has 0 spiro atoms. The minimum Gasteiger partial charge on any atom is -0.369 e. The van der Waals surface area contributed by atoms with Gasteiger partial charge in [-0.15, -0.1) is 11.3 Å². The molecule has 1 atom stereocenters. The molecule has 3 fully saturated rings. The highest BCUT2D eigenvalue weighted by Gasteiger charge is 2.27. The number of hydrogen-bond donors (Lipinski definition) is 1. The van der Waals surface area contributed by atoms with Crippen LogP contribution in [0.25, 0.3) is 10.4 Å². The van der Waals surface area contributed by atoms with E-state index < -0.39 is 0 Å². The molecule has 1 saturated carbocycles. The maximum Gasteiger partial charge on any atom is 0.264 e. The Labute approximate surface area is 196 Å². The van der Waals surface area contributed by atoms with E-state index in [9.17, 15) is 4.79 Å². The van der Waals surface area contributed by atoms with E-state index in [0.717, 1.165) is 42.5 Å². The van der Waals surface area contributed by atoms with Crippen LogP contribution in [-0.4, -0.2) is 67.1 Å². The molecule has 1 amide bonds. The lowest BCUT2D eigenvalue weighted by Crippen LogP contribution is -2.50. The Kier molecular flexibility index (Phi) is 6.54. The van der Waals surface area contributed by atoms with Gasteiger partial charge in [0, 0.05) is 61.9 Å². The number of nitrogens with two attached hydrogens (primary N) is 1. The fourth-order valence-corrected chi connectivity index (χ4v) is 6.73. The van der Waals surface area contributed by atoms with Crippen LogP contribution in [0, 0.1) is 6.92 Å². The van der Waals surface area contributed by atoms with Gasteiger partial charge in [-0.25, -0.2) is 0 Å². The summed E-state index contributed by atoms with van der Waals surface area (Å²) in [6.45, 7) is 8.09. The molecule has 2 aromatic rings. The van der Waals surface area contributed by atoms with Crippen LogP contribution in [0.15, 0.2) is 30.3 Å². The number of amides is 1. The van der Waals surface area contributed by atoms with Gasteiger partial charge in [-0.05, 0) is 55.5 Å². The number of carbonyl (C=O) groups is 1. The van der Waals surface area contributed by atoms with Crippen molar-refractivity contribution in [2.45, 2.75) is 57.5 Å². The molecule has 3 aliphatic rings. The summed E-state index contributed by atoms with van der Waals surface area (Å²) in [5.74, 6) is 0.138. The van der Waals surface area contributed by atoms with E-state index in [1.165, 1.54) is 61.3 Å². The van der Waals surface area contributed by atoms with Gasteiger partial charge in [-0.1, -0.05) is 31.4 Å². The summed E-state index contributed by atoms with van der Waals surface area (Å²) in [6, 6.07) is 12.0. The Balaban J connectivity index is 1.22. The number of benzene rings is 1. The zero-order chi connectivity index (χ0) is 22.1. The highest BCUT2D eigenvalue weighted by Crippen LogP contribution is 2.34. The molecule has 0 radical (unpaired) electrons. The number of likely N-dealkylation sites (tertiary alicyclic amines) is 1. The average molecular weight is 453 g/mol. The monoisotopic (exact) mass is 452 g/mol. The van der Waals surface area contributed by atoms with Crippen LogP contribution in [0.3, 0.4) is 0 Å². The van der Waals surface area contributed by atoms with Gasteiger partial charge in [0.05, 0.1) is 4.88 Å². The molecule has 2 N–H and O–H groups in total. The molecule has 1 aromatic heterocycles. The largest absolute Gasteiger partial charge is 0.369 e. The highest BCUT2D eigenvalue weighted by molar-refractivity contribution is 7.17. The highest BCUT2D eigenvalue weighted by atomic mass is 32.1. The van der Waals surface area contributed by atoms with Crippen molar-refractivity contribution in [1.29, 1.82) is 0 Å². The summed E-state index contributed by atoms with van der Waals surface area (Å²) in [7, 11) is 0. The summed E-state index contributed by atoms with van der Waals surface area (Å²) >= 11 is 1.61. The quantitative estimate of drug-likeness (QED) is 0.749. The molecule has 2 aliphatic heterocycles. The molecule has 0 unspecified atom stereocenters. The normalized spacial score (nSPS) is 23.1. The number of thiophene rings is 1. The van der Waals surface area contributed by atoms with Gasteiger partial charge in [0.2, 0.25) is 0 Å². The SMILES string of the molecule is Cc1cc(-c2ccc(N3CCN(C4CCCCC4)CC3)cc2)sc1C(=O)N1CC[C@H](N)C1. The number of carbonyl (C=O) groups excluding carboxylic acids is 1. The summed E-state index contributed by atoms with van der Waals surface area (Å²) in [5, 5.41) is 0. The molecule has 5 rings (SSSR count). The summed E-state index contributed by atoms with van der Waals surface area (Å²) in [6.07, 6.45) is 7.93. The predicted molar refractivity (Wildman–Crippen MR) is 134 cm³/mol. The fourth-order valence-electron chi connectivity index (χ4n) is 5.58. The van der Waals surface area contributed by atoms with Crippen LogP contribution >= 0.6 is 11.3 Å². The minimum absolute atomic E-state index is 0.121. The molecule has 32 heavy (non-hydrogen) atoms. The molecule has 172 valence electrons. The van der Waals surface area contributed by atoms with Crippen LogP contribution in [0.5, 0.6) is 0 Å². The molecule has 6 heteroatoms. The molecular formula is C26H36N4OS. The first-order valence-corrected chi connectivity index (χ1v) is 13.1. The molecule has 3 heterocycles. The van der Waals surface area contributed by atoms with Crippen molar-refractivity contribution in [3.63, 3.8) is 0 Å². The van der Waals surface area contributed by atoms with E-state index in [4.69, 9.17) is 5.73 Å². The van der Waals surface area contributed by atoms with Crippen molar-refractivity contribution in [3.8, 4) is 10.4 Å². The fraction of sp³-hybridized carbons (Fsp3) is 0.577.